The normalized spacial score (nSPS) is 21.2. The number of anilines is 1. The number of allylic oxidation sites excluding steroid dienone is 1. The van der Waals surface area contributed by atoms with Crippen LogP contribution in [0.5, 0.6) is 11.5 Å². The van der Waals surface area contributed by atoms with Gasteiger partial charge in [-0.25, -0.2) is 0 Å². The molecule has 1 unspecified atom stereocenters. The summed E-state index contributed by atoms with van der Waals surface area (Å²) in [4.78, 5) is 0. The van der Waals surface area contributed by atoms with Crippen LogP contribution in [0.15, 0.2) is 30.5 Å². The summed E-state index contributed by atoms with van der Waals surface area (Å²) in [6, 6.07) is 5.93. The second-order valence-corrected chi connectivity index (χ2v) is 4.45. The highest BCUT2D eigenvalue weighted by Gasteiger charge is 2.13. The molecular formula is C14H17NO3. The zero-order valence-electron chi connectivity index (χ0n) is 10.2. The van der Waals surface area contributed by atoms with Crippen LogP contribution in [0.4, 0.5) is 5.69 Å². The number of rotatable bonds is 3. The van der Waals surface area contributed by atoms with Crippen LogP contribution in [0.2, 0.25) is 0 Å². The third-order valence-corrected chi connectivity index (χ3v) is 3.10. The molecule has 1 atom stereocenters. The molecule has 0 aromatic heterocycles. The molecular weight excluding hydrogens is 230 g/mol. The maximum atomic E-state index is 5.55. The molecule has 2 aliphatic heterocycles. The lowest BCUT2D eigenvalue weighted by Gasteiger charge is -2.22. The van der Waals surface area contributed by atoms with E-state index in [-0.39, 0.29) is 6.10 Å². The highest BCUT2D eigenvalue weighted by Crippen LogP contribution is 2.32. The van der Waals surface area contributed by atoms with Gasteiger partial charge in [0.05, 0.1) is 12.8 Å². The van der Waals surface area contributed by atoms with Crippen molar-refractivity contribution in [3.8, 4) is 11.5 Å². The minimum atomic E-state index is 0.253. The summed E-state index contributed by atoms with van der Waals surface area (Å²) in [6.45, 7) is 2.05. The summed E-state index contributed by atoms with van der Waals surface area (Å²) in [5.74, 6) is 1.64. The second-order valence-electron chi connectivity index (χ2n) is 4.45. The molecule has 1 aromatic carbocycles. The summed E-state index contributed by atoms with van der Waals surface area (Å²) < 4.78 is 16.5. The predicted octanol–water partition coefficient (Wildman–Crippen LogP) is 2.56. The Balaban J connectivity index is 1.60. The Morgan fingerprint density at radius 1 is 1.17 bits per heavy atom. The van der Waals surface area contributed by atoms with Gasteiger partial charge in [-0.05, 0) is 31.1 Å². The van der Waals surface area contributed by atoms with Gasteiger partial charge >= 0.3 is 0 Å². The van der Waals surface area contributed by atoms with Crippen molar-refractivity contribution in [2.45, 2.75) is 18.9 Å². The standard InChI is InChI=1S/C14H17NO3/c1-2-6-16-12(3-1)10-15-11-4-5-13-14(9-11)18-8-7-17-13/h2,4-6,9,12,15H,1,3,7-8,10H2. The largest absolute Gasteiger partial charge is 0.497 e. The molecule has 4 nitrogen and oxygen atoms in total. The van der Waals surface area contributed by atoms with Gasteiger partial charge in [-0.1, -0.05) is 0 Å². The van der Waals surface area contributed by atoms with E-state index in [4.69, 9.17) is 14.2 Å². The molecule has 1 aromatic rings. The van der Waals surface area contributed by atoms with Crippen LogP contribution in [0.1, 0.15) is 12.8 Å². The van der Waals surface area contributed by atoms with Crippen molar-refractivity contribution in [1.82, 2.24) is 0 Å². The van der Waals surface area contributed by atoms with Gasteiger partial charge in [0, 0.05) is 11.8 Å². The van der Waals surface area contributed by atoms with Crippen molar-refractivity contribution in [1.29, 1.82) is 0 Å². The van der Waals surface area contributed by atoms with E-state index < -0.39 is 0 Å². The molecule has 0 saturated heterocycles. The maximum Gasteiger partial charge on any atom is 0.163 e. The predicted molar refractivity (Wildman–Crippen MR) is 69.2 cm³/mol. The van der Waals surface area contributed by atoms with Crippen LogP contribution in [0.3, 0.4) is 0 Å². The molecule has 1 N–H and O–H groups in total. The zero-order valence-corrected chi connectivity index (χ0v) is 10.2. The summed E-state index contributed by atoms with van der Waals surface area (Å²) in [6.07, 6.45) is 6.25. The minimum absolute atomic E-state index is 0.253. The Hall–Kier alpha value is -1.84. The van der Waals surface area contributed by atoms with E-state index >= 15 is 0 Å². The van der Waals surface area contributed by atoms with Gasteiger partial charge in [-0.3, -0.25) is 0 Å². The zero-order chi connectivity index (χ0) is 12.2. The van der Waals surface area contributed by atoms with Crippen molar-refractivity contribution >= 4 is 5.69 Å². The van der Waals surface area contributed by atoms with E-state index in [9.17, 15) is 0 Å². The van der Waals surface area contributed by atoms with E-state index in [0.29, 0.717) is 13.2 Å². The van der Waals surface area contributed by atoms with Crippen LogP contribution >= 0.6 is 0 Å². The first kappa shape index (κ1) is 11.3. The quantitative estimate of drug-likeness (QED) is 0.891. The lowest BCUT2D eigenvalue weighted by atomic mass is 10.1. The lowest BCUT2D eigenvalue weighted by molar-refractivity contribution is 0.135. The number of nitrogens with one attached hydrogen (secondary N) is 1. The van der Waals surface area contributed by atoms with Crippen LogP contribution in [-0.4, -0.2) is 25.9 Å². The number of hydrogen-bond acceptors (Lipinski definition) is 4. The SMILES string of the molecule is C1=COC(CNc2ccc3c(c2)OCCO3)CC1. The first-order valence-electron chi connectivity index (χ1n) is 6.36. The molecule has 2 aliphatic rings. The third-order valence-electron chi connectivity index (χ3n) is 3.10. The molecule has 4 heteroatoms. The molecule has 0 amide bonds. The highest BCUT2D eigenvalue weighted by atomic mass is 16.6. The molecule has 0 spiro atoms. The average Bonchev–Trinajstić information content (AvgIpc) is 2.46. The smallest absolute Gasteiger partial charge is 0.163 e. The van der Waals surface area contributed by atoms with Crippen LogP contribution in [0.25, 0.3) is 0 Å². The topological polar surface area (TPSA) is 39.7 Å². The average molecular weight is 247 g/mol. The number of hydrogen-bond donors (Lipinski definition) is 1. The fourth-order valence-electron chi connectivity index (χ4n) is 2.12. The molecule has 0 fully saturated rings. The molecule has 0 aliphatic carbocycles. The fraction of sp³-hybridized carbons (Fsp3) is 0.429. The van der Waals surface area contributed by atoms with Gasteiger partial charge in [0.2, 0.25) is 0 Å². The first-order valence-corrected chi connectivity index (χ1v) is 6.36. The molecule has 0 radical (unpaired) electrons. The van der Waals surface area contributed by atoms with Crippen molar-refractivity contribution in [3.05, 3.63) is 30.5 Å². The van der Waals surface area contributed by atoms with Gasteiger partial charge in [0.25, 0.3) is 0 Å². The Kier molecular flexibility index (Phi) is 3.26. The van der Waals surface area contributed by atoms with Crippen LogP contribution in [0, 0.1) is 0 Å². The summed E-state index contributed by atoms with van der Waals surface area (Å²) >= 11 is 0. The lowest BCUT2D eigenvalue weighted by Crippen LogP contribution is -2.23. The first-order chi connectivity index (χ1) is 8.92. The molecule has 0 saturated carbocycles. The van der Waals surface area contributed by atoms with E-state index in [1.54, 1.807) is 6.26 Å². The van der Waals surface area contributed by atoms with Gasteiger partial charge < -0.3 is 19.5 Å². The van der Waals surface area contributed by atoms with E-state index in [0.717, 1.165) is 36.6 Å². The van der Waals surface area contributed by atoms with Gasteiger partial charge in [-0.2, -0.15) is 0 Å². The number of ether oxygens (including phenoxy) is 3. The monoisotopic (exact) mass is 247 g/mol. The van der Waals surface area contributed by atoms with Crippen LogP contribution in [-0.2, 0) is 4.74 Å². The van der Waals surface area contributed by atoms with Crippen molar-refractivity contribution in [2.24, 2.45) is 0 Å². The van der Waals surface area contributed by atoms with E-state index in [1.165, 1.54) is 0 Å². The van der Waals surface area contributed by atoms with Crippen molar-refractivity contribution in [3.63, 3.8) is 0 Å². The fourth-order valence-corrected chi connectivity index (χ4v) is 2.12. The molecule has 3 rings (SSSR count). The Labute approximate surface area is 107 Å². The van der Waals surface area contributed by atoms with Gasteiger partial charge in [0.1, 0.15) is 19.3 Å². The minimum Gasteiger partial charge on any atom is -0.497 e. The molecule has 2 heterocycles. The van der Waals surface area contributed by atoms with Crippen molar-refractivity contribution < 1.29 is 14.2 Å². The summed E-state index contributed by atoms with van der Waals surface area (Å²) in [7, 11) is 0. The Morgan fingerprint density at radius 3 is 2.89 bits per heavy atom. The van der Waals surface area contributed by atoms with Gasteiger partial charge in [-0.15, -0.1) is 0 Å². The summed E-state index contributed by atoms with van der Waals surface area (Å²) in [5.41, 5.74) is 1.04. The maximum absolute atomic E-state index is 5.55. The molecule has 0 bridgehead atoms. The van der Waals surface area contributed by atoms with Crippen LogP contribution < -0.4 is 14.8 Å². The van der Waals surface area contributed by atoms with Crippen molar-refractivity contribution in [2.75, 3.05) is 25.1 Å². The molecule has 96 valence electrons. The summed E-state index contributed by atoms with van der Waals surface area (Å²) in [5, 5.41) is 3.37. The van der Waals surface area contributed by atoms with E-state index in [2.05, 4.69) is 11.4 Å². The van der Waals surface area contributed by atoms with E-state index in [1.807, 2.05) is 18.2 Å². The molecule has 18 heavy (non-hydrogen) atoms. The number of benzene rings is 1. The highest BCUT2D eigenvalue weighted by molar-refractivity contribution is 5.55. The Bertz CT molecular complexity index is 445. The third kappa shape index (κ3) is 2.53. The second kappa shape index (κ2) is 5.21. The van der Waals surface area contributed by atoms with Gasteiger partial charge in [0.15, 0.2) is 11.5 Å². The Morgan fingerprint density at radius 2 is 2.06 bits per heavy atom. The number of fused-ring (bicyclic) bond motifs is 1.